The SMILES string of the molecule is O=C(CCc1cccnc1)NCC1CCN(S(=O)(=O)c2cccs2)CC1. The molecule has 2 aromatic heterocycles. The van der Waals surface area contributed by atoms with Crippen LogP contribution in [0, 0.1) is 5.92 Å². The van der Waals surface area contributed by atoms with Gasteiger partial charge in [-0.1, -0.05) is 12.1 Å². The van der Waals surface area contributed by atoms with Gasteiger partial charge in [0.2, 0.25) is 5.91 Å². The highest BCUT2D eigenvalue weighted by atomic mass is 32.2. The number of rotatable bonds is 7. The maximum Gasteiger partial charge on any atom is 0.252 e. The minimum absolute atomic E-state index is 0.0301. The highest BCUT2D eigenvalue weighted by molar-refractivity contribution is 7.91. The first-order valence-electron chi connectivity index (χ1n) is 8.75. The van der Waals surface area contributed by atoms with Crippen molar-refractivity contribution < 1.29 is 13.2 Å². The van der Waals surface area contributed by atoms with Crippen LogP contribution in [0.3, 0.4) is 0 Å². The third-order valence-electron chi connectivity index (χ3n) is 4.61. The monoisotopic (exact) mass is 393 g/mol. The van der Waals surface area contributed by atoms with E-state index in [1.165, 1.54) is 11.3 Å². The minimum atomic E-state index is -3.35. The van der Waals surface area contributed by atoms with Gasteiger partial charge in [0.25, 0.3) is 10.0 Å². The summed E-state index contributed by atoms with van der Waals surface area (Å²) >= 11 is 1.25. The standard InChI is InChI=1S/C18H23N3O3S2/c22-17(6-5-15-3-1-9-19-13-15)20-14-16-7-10-21(11-8-16)26(23,24)18-4-2-12-25-18/h1-4,9,12-13,16H,5-8,10-11,14H2,(H,20,22). The topological polar surface area (TPSA) is 79.4 Å². The number of hydrogen-bond donors (Lipinski definition) is 1. The number of piperidine rings is 1. The lowest BCUT2D eigenvalue weighted by Gasteiger charge is -2.30. The van der Waals surface area contributed by atoms with Crippen LogP contribution in [0.2, 0.25) is 0 Å². The molecule has 1 aliphatic rings. The lowest BCUT2D eigenvalue weighted by molar-refractivity contribution is -0.121. The largest absolute Gasteiger partial charge is 0.356 e. The number of pyridine rings is 1. The Kier molecular flexibility index (Phi) is 6.39. The molecule has 3 rings (SSSR count). The summed E-state index contributed by atoms with van der Waals surface area (Å²) in [5.41, 5.74) is 1.05. The van der Waals surface area contributed by atoms with E-state index in [2.05, 4.69) is 10.3 Å². The number of carbonyl (C=O) groups excluding carboxylic acids is 1. The second-order valence-electron chi connectivity index (χ2n) is 6.44. The maximum atomic E-state index is 12.5. The molecule has 2 aromatic rings. The first kappa shape index (κ1) is 19.0. The quantitative estimate of drug-likeness (QED) is 0.783. The van der Waals surface area contributed by atoms with Crippen LogP contribution >= 0.6 is 11.3 Å². The first-order chi connectivity index (χ1) is 12.6. The molecule has 1 fully saturated rings. The molecule has 1 amide bonds. The van der Waals surface area contributed by atoms with E-state index in [1.807, 2.05) is 12.1 Å². The molecule has 0 aromatic carbocycles. The van der Waals surface area contributed by atoms with Gasteiger partial charge in [-0.2, -0.15) is 4.31 Å². The summed E-state index contributed by atoms with van der Waals surface area (Å²) in [6.07, 6.45) is 6.15. The van der Waals surface area contributed by atoms with Crippen molar-refractivity contribution in [2.45, 2.75) is 29.9 Å². The van der Waals surface area contributed by atoms with Crippen LogP contribution in [-0.4, -0.2) is 43.2 Å². The van der Waals surface area contributed by atoms with E-state index in [0.717, 1.165) is 18.4 Å². The van der Waals surface area contributed by atoms with Crippen LogP contribution in [0.15, 0.2) is 46.2 Å². The van der Waals surface area contributed by atoms with Crippen LogP contribution in [0.25, 0.3) is 0 Å². The fraction of sp³-hybridized carbons (Fsp3) is 0.444. The van der Waals surface area contributed by atoms with Crippen LogP contribution < -0.4 is 5.32 Å². The Morgan fingerprint density at radius 3 is 2.73 bits per heavy atom. The Bertz CT molecular complexity index is 799. The predicted octanol–water partition coefficient (Wildman–Crippen LogP) is 2.29. The van der Waals surface area contributed by atoms with Crippen molar-refractivity contribution >= 4 is 27.3 Å². The van der Waals surface area contributed by atoms with Crippen LogP contribution in [0.5, 0.6) is 0 Å². The third-order valence-corrected chi connectivity index (χ3v) is 7.89. The van der Waals surface area contributed by atoms with Crippen LogP contribution in [0.4, 0.5) is 0 Å². The molecular formula is C18H23N3O3S2. The molecule has 0 unspecified atom stereocenters. The zero-order valence-electron chi connectivity index (χ0n) is 14.5. The van der Waals surface area contributed by atoms with Crippen LogP contribution in [-0.2, 0) is 21.2 Å². The molecule has 26 heavy (non-hydrogen) atoms. The van der Waals surface area contributed by atoms with Crippen molar-refractivity contribution in [3.05, 3.63) is 47.6 Å². The van der Waals surface area contributed by atoms with Gasteiger partial charge in [0.1, 0.15) is 4.21 Å². The van der Waals surface area contributed by atoms with E-state index in [4.69, 9.17) is 0 Å². The molecule has 0 radical (unpaired) electrons. The lowest BCUT2D eigenvalue weighted by Crippen LogP contribution is -2.41. The number of sulfonamides is 1. The molecule has 0 aliphatic carbocycles. The maximum absolute atomic E-state index is 12.5. The molecule has 0 atom stereocenters. The summed E-state index contributed by atoms with van der Waals surface area (Å²) < 4.78 is 27.0. The number of aromatic nitrogens is 1. The average Bonchev–Trinajstić information content (AvgIpc) is 3.21. The van der Waals surface area contributed by atoms with Gasteiger partial charge in [0, 0.05) is 38.4 Å². The zero-order chi connectivity index (χ0) is 18.4. The Balaban J connectivity index is 1.39. The summed E-state index contributed by atoms with van der Waals surface area (Å²) in [5.74, 6) is 0.356. The molecule has 0 saturated carbocycles. The van der Waals surface area contributed by atoms with Gasteiger partial charge in [0.15, 0.2) is 0 Å². The second kappa shape index (κ2) is 8.75. The summed E-state index contributed by atoms with van der Waals surface area (Å²) in [6, 6.07) is 7.23. The van der Waals surface area contributed by atoms with E-state index in [1.54, 1.807) is 34.2 Å². The number of amides is 1. The van der Waals surface area contributed by atoms with Crippen molar-refractivity contribution in [3.8, 4) is 0 Å². The van der Waals surface area contributed by atoms with Crippen molar-refractivity contribution in [1.29, 1.82) is 0 Å². The van der Waals surface area contributed by atoms with Gasteiger partial charge in [-0.25, -0.2) is 8.42 Å². The number of carbonyl (C=O) groups is 1. The van der Waals surface area contributed by atoms with Crippen molar-refractivity contribution in [2.24, 2.45) is 5.92 Å². The summed E-state index contributed by atoms with van der Waals surface area (Å²) in [4.78, 5) is 16.0. The fourth-order valence-electron chi connectivity index (χ4n) is 3.04. The van der Waals surface area contributed by atoms with E-state index >= 15 is 0 Å². The summed E-state index contributed by atoms with van der Waals surface area (Å²) in [5, 5.41) is 4.76. The summed E-state index contributed by atoms with van der Waals surface area (Å²) in [7, 11) is -3.35. The first-order valence-corrected chi connectivity index (χ1v) is 11.1. The van der Waals surface area contributed by atoms with Gasteiger partial charge in [0.05, 0.1) is 0 Å². The molecule has 1 N–H and O–H groups in total. The van der Waals surface area contributed by atoms with Gasteiger partial charge in [-0.05, 0) is 48.3 Å². The molecule has 1 saturated heterocycles. The van der Waals surface area contributed by atoms with Gasteiger partial charge in [-0.3, -0.25) is 9.78 Å². The lowest BCUT2D eigenvalue weighted by atomic mass is 9.98. The molecule has 8 heteroatoms. The highest BCUT2D eigenvalue weighted by Crippen LogP contribution is 2.26. The fourth-order valence-corrected chi connectivity index (χ4v) is 5.66. The zero-order valence-corrected chi connectivity index (χ0v) is 16.1. The van der Waals surface area contributed by atoms with Crippen molar-refractivity contribution in [3.63, 3.8) is 0 Å². The van der Waals surface area contributed by atoms with Crippen LogP contribution in [0.1, 0.15) is 24.8 Å². The Hall–Kier alpha value is -1.77. The number of thiophene rings is 1. The average molecular weight is 394 g/mol. The van der Waals surface area contributed by atoms with Gasteiger partial charge in [-0.15, -0.1) is 11.3 Å². The molecule has 0 spiro atoms. The normalized spacial score (nSPS) is 16.5. The molecule has 140 valence electrons. The number of nitrogens with one attached hydrogen (secondary N) is 1. The summed E-state index contributed by atoms with van der Waals surface area (Å²) in [6.45, 7) is 1.63. The van der Waals surface area contributed by atoms with E-state index in [0.29, 0.717) is 42.6 Å². The Labute approximate surface area is 158 Å². The van der Waals surface area contributed by atoms with E-state index in [-0.39, 0.29) is 5.91 Å². The number of hydrogen-bond acceptors (Lipinski definition) is 5. The number of aryl methyl sites for hydroxylation is 1. The molecular weight excluding hydrogens is 370 g/mol. The van der Waals surface area contributed by atoms with E-state index < -0.39 is 10.0 Å². The molecule has 6 nitrogen and oxygen atoms in total. The number of nitrogens with zero attached hydrogens (tertiary/aromatic N) is 2. The highest BCUT2D eigenvalue weighted by Gasteiger charge is 2.29. The predicted molar refractivity (Wildman–Crippen MR) is 101 cm³/mol. The van der Waals surface area contributed by atoms with Crippen molar-refractivity contribution in [2.75, 3.05) is 19.6 Å². The third kappa shape index (κ3) is 4.90. The van der Waals surface area contributed by atoms with Gasteiger partial charge < -0.3 is 5.32 Å². The molecule has 3 heterocycles. The molecule has 0 bridgehead atoms. The van der Waals surface area contributed by atoms with E-state index in [9.17, 15) is 13.2 Å². The Morgan fingerprint density at radius 2 is 2.08 bits per heavy atom. The second-order valence-corrected chi connectivity index (χ2v) is 9.56. The molecule has 1 aliphatic heterocycles. The minimum Gasteiger partial charge on any atom is -0.356 e. The Morgan fingerprint density at radius 1 is 1.27 bits per heavy atom. The van der Waals surface area contributed by atoms with Gasteiger partial charge >= 0.3 is 0 Å². The van der Waals surface area contributed by atoms with Crippen molar-refractivity contribution in [1.82, 2.24) is 14.6 Å². The smallest absolute Gasteiger partial charge is 0.252 e.